The van der Waals surface area contributed by atoms with Crippen LogP contribution in [0.15, 0.2) is 0 Å². The summed E-state index contributed by atoms with van der Waals surface area (Å²) in [5, 5.41) is 3.71. The van der Waals surface area contributed by atoms with Gasteiger partial charge < -0.3 is 9.80 Å². The lowest BCUT2D eigenvalue weighted by Gasteiger charge is -2.35. The summed E-state index contributed by atoms with van der Waals surface area (Å²) in [5.74, 6) is 0.812. The first-order chi connectivity index (χ1) is 9.95. The van der Waals surface area contributed by atoms with Crippen molar-refractivity contribution in [1.29, 1.82) is 0 Å². The maximum atomic E-state index is 13.1. The molecule has 0 radical (unpaired) electrons. The first-order valence-electron chi connectivity index (χ1n) is 8.78. The van der Waals surface area contributed by atoms with Crippen molar-refractivity contribution in [2.24, 2.45) is 5.92 Å². The third-order valence-electron chi connectivity index (χ3n) is 5.35. The maximum absolute atomic E-state index is 13.1. The van der Waals surface area contributed by atoms with Gasteiger partial charge in [-0.1, -0.05) is 40.5 Å². The SMILES string of the molecule is CCN(CC)CC(C)N1C(=O)C2(CCCC2)NC1C(C)C. The van der Waals surface area contributed by atoms with Crippen molar-refractivity contribution >= 4 is 5.91 Å². The van der Waals surface area contributed by atoms with E-state index in [0.717, 1.165) is 32.5 Å². The molecule has 0 aromatic heterocycles. The van der Waals surface area contributed by atoms with Crippen molar-refractivity contribution in [3.05, 3.63) is 0 Å². The second-order valence-corrected chi connectivity index (χ2v) is 7.17. The van der Waals surface area contributed by atoms with Crippen molar-refractivity contribution in [2.75, 3.05) is 19.6 Å². The minimum atomic E-state index is -0.244. The number of nitrogens with zero attached hydrogens (tertiary/aromatic N) is 2. The molecular weight excluding hydrogens is 262 g/mol. The van der Waals surface area contributed by atoms with Crippen LogP contribution in [0, 0.1) is 5.92 Å². The Morgan fingerprint density at radius 2 is 1.81 bits per heavy atom. The van der Waals surface area contributed by atoms with Crippen LogP contribution >= 0.6 is 0 Å². The molecule has 1 aliphatic heterocycles. The predicted molar refractivity (Wildman–Crippen MR) is 87.1 cm³/mol. The fraction of sp³-hybridized carbons (Fsp3) is 0.941. The van der Waals surface area contributed by atoms with E-state index < -0.39 is 0 Å². The van der Waals surface area contributed by atoms with Crippen molar-refractivity contribution in [3.63, 3.8) is 0 Å². The minimum Gasteiger partial charge on any atom is -0.321 e. The van der Waals surface area contributed by atoms with E-state index in [2.05, 4.69) is 49.7 Å². The first-order valence-corrected chi connectivity index (χ1v) is 8.78. The molecule has 4 nitrogen and oxygen atoms in total. The van der Waals surface area contributed by atoms with Crippen LogP contribution in [0.1, 0.15) is 60.3 Å². The van der Waals surface area contributed by atoms with Crippen LogP contribution in [0.5, 0.6) is 0 Å². The Bertz CT molecular complexity index is 359. The molecule has 1 spiro atoms. The molecule has 122 valence electrons. The average Bonchev–Trinajstić information content (AvgIpc) is 3.03. The van der Waals surface area contributed by atoms with Gasteiger partial charge in [0, 0.05) is 12.6 Å². The van der Waals surface area contributed by atoms with E-state index >= 15 is 0 Å². The summed E-state index contributed by atoms with van der Waals surface area (Å²) in [7, 11) is 0. The highest BCUT2D eigenvalue weighted by Gasteiger charge is 2.53. The van der Waals surface area contributed by atoms with Crippen LogP contribution in [0.4, 0.5) is 0 Å². The van der Waals surface area contributed by atoms with Gasteiger partial charge in [0.05, 0.1) is 11.7 Å². The average molecular weight is 295 g/mol. The fourth-order valence-corrected chi connectivity index (χ4v) is 4.03. The molecule has 1 saturated carbocycles. The van der Waals surface area contributed by atoms with E-state index in [1.54, 1.807) is 0 Å². The lowest BCUT2D eigenvalue weighted by atomic mass is 9.97. The number of nitrogens with one attached hydrogen (secondary N) is 1. The molecule has 1 aliphatic carbocycles. The Balaban J connectivity index is 2.16. The lowest BCUT2D eigenvalue weighted by Crippen LogP contribution is -2.50. The standard InChI is InChI=1S/C17H33N3O/c1-6-19(7-2)12-14(5)20-15(13(3)4)18-17(16(20)21)10-8-9-11-17/h13-15,18H,6-12H2,1-5H3. The van der Waals surface area contributed by atoms with E-state index in [9.17, 15) is 4.79 Å². The summed E-state index contributed by atoms with van der Waals surface area (Å²) < 4.78 is 0. The highest BCUT2D eigenvalue weighted by atomic mass is 16.2. The smallest absolute Gasteiger partial charge is 0.244 e. The van der Waals surface area contributed by atoms with E-state index in [-0.39, 0.29) is 17.7 Å². The molecule has 0 aromatic carbocycles. The van der Waals surface area contributed by atoms with E-state index in [4.69, 9.17) is 0 Å². The monoisotopic (exact) mass is 295 g/mol. The zero-order valence-electron chi connectivity index (χ0n) is 14.5. The zero-order chi connectivity index (χ0) is 15.6. The number of rotatable bonds is 6. The molecule has 2 aliphatic rings. The fourth-order valence-electron chi connectivity index (χ4n) is 4.03. The van der Waals surface area contributed by atoms with Gasteiger partial charge >= 0.3 is 0 Å². The van der Waals surface area contributed by atoms with Gasteiger partial charge in [0.15, 0.2) is 0 Å². The number of carbonyl (C=O) groups excluding carboxylic acids is 1. The molecule has 2 atom stereocenters. The second-order valence-electron chi connectivity index (χ2n) is 7.17. The van der Waals surface area contributed by atoms with Crippen LogP contribution in [0.2, 0.25) is 0 Å². The van der Waals surface area contributed by atoms with E-state index in [0.29, 0.717) is 11.8 Å². The highest BCUT2D eigenvalue weighted by Crippen LogP contribution is 2.38. The molecule has 4 heteroatoms. The normalized spacial score (nSPS) is 26.5. The third kappa shape index (κ3) is 3.11. The zero-order valence-corrected chi connectivity index (χ0v) is 14.5. The Kier molecular flexibility index (Phi) is 5.31. The molecule has 2 rings (SSSR count). The molecule has 2 fully saturated rings. The molecule has 0 aromatic rings. The highest BCUT2D eigenvalue weighted by molar-refractivity contribution is 5.89. The Morgan fingerprint density at radius 1 is 1.24 bits per heavy atom. The number of carbonyl (C=O) groups is 1. The summed E-state index contributed by atoms with van der Waals surface area (Å²) in [6, 6.07) is 0.275. The van der Waals surface area contributed by atoms with Gasteiger partial charge in [-0.05, 0) is 38.8 Å². The number of hydrogen-bond acceptors (Lipinski definition) is 3. The number of hydrogen-bond donors (Lipinski definition) is 1. The molecule has 1 amide bonds. The molecular formula is C17H33N3O. The Morgan fingerprint density at radius 3 is 2.29 bits per heavy atom. The van der Waals surface area contributed by atoms with Gasteiger partial charge in [0.2, 0.25) is 5.91 Å². The molecule has 21 heavy (non-hydrogen) atoms. The molecule has 2 unspecified atom stereocenters. The van der Waals surface area contributed by atoms with Gasteiger partial charge in [0.1, 0.15) is 0 Å². The van der Waals surface area contributed by atoms with E-state index in [1.165, 1.54) is 12.8 Å². The molecule has 1 heterocycles. The minimum absolute atomic E-state index is 0.196. The van der Waals surface area contributed by atoms with Crippen LogP contribution < -0.4 is 5.32 Å². The molecule has 0 bridgehead atoms. The summed E-state index contributed by atoms with van der Waals surface area (Å²) in [6.07, 6.45) is 4.60. The largest absolute Gasteiger partial charge is 0.321 e. The number of amides is 1. The topological polar surface area (TPSA) is 35.6 Å². The molecule has 1 saturated heterocycles. The van der Waals surface area contributed by atoms with Gasteiger partial charge in [-0.3, -0.25) is 10.1 Å². The lowest BCUT2D eigenvalue weighted by molar-refractivity contribution is -0.135. The summed E-state index contributed by atoms with van der Waals surface area (Å²) in [6.45, 7) is 14.1. The van der Waals surface area contributed by atoms with Gasteiger partial charge in [-0.2, -0.15) is 0 Å². The van der Waals surface area contributed by atoms with Gasteiger partial charge in [0.25, 0.3) is 0 Å². The first kappa shape index (κ1) is 16.8. The van der Waals surface area contributed by atoms with Gasteiger partial charge in [-0.15, -0.1) is 0 Å². The quantitative estimate of drug-likeness (QED) is 0.817. The Labute approximate surface area is 130 Å². The molecule has 1 N–H and O–H groups in total. The van der Waals surface area contributed by atoms with Crippen LogP contribution in [-0.2, 0) is 4.79 Å². The van der Waals surface area contributed by atoms with Crippen molar-refractivity contribution < 1.29 is 4.79 Å². The van der Waals surface area contributed by atoms with Crippen LogP contribution in [-0.4, -0.2) is 53.1 Å². The summed E-state index contributed by atoms with van der Waals surface area (Å²) >= 11 is 0. The van der Waals surface area contributed by atoms with Crippen molar-refractivity contribution in [3.8, 4) is 0 Å². The summed E-state index contributed by atoms with van der Waals surface area (Å²) in [4.78, 5) is 17.7. The Hall–Kier alpha value is -0.610. The predicted octanol–water partition coefficient (Wildman–Crippen LogP) is 2.44. The van der Waals surface area contributed by atoms with E-state index in [1.807, 2.05) is 0 Å². The second kappa shape index (κ2) is 6.66. The summed E-state index contributed by atoms with van der Waals surface area (Å²) in [5.41, 5.74) is -0.244. The van der Waals surface area contributed by atoms with Crippen molar-refractivity contribution in [1.82, 2.24) is 15.1 Å². The van der Waals surface area contributed by atoms with Crippen molar-refractivity contribution in [2.45, 2.75) is 78.0 Å². The van der Waals surface area contributed by atoms with Gasteiger partial charge in [-0.25, -0.2) is 0 Å². The number of likely N-dealkylation sites (N-methyl/N-ethyl adjacent to an activating group) is 1. The van der Waals surface area contributed by atoms with Crippen LogP contribution in [0.3, 0.4) is 0 Å². The third-order valence-corrected chi connectivity index (χ3v) is 5.35. The maximum Gasteiger partial charge on any atom is 0.244 e. The van der Waals surface area contributed by atoms with Crippen LogP contribution in [0.25, 0.3) is 0 Å².